The number of imidazole rings is 1. The molecule has 26 heavy (non-hydrogen) atoms. The molecule has 0 aliphatic carbocycles. The van der Waals surface area contributed by atoms with Gasteiger partial charge in [-0.3, -0.25) is 0 Å². The van der Waals surface area contributed by atoms with Gasteiger partial charge in [-0.05, 0) is 42.7 Å². The minimum atomic E-state index is -0.365. The molecule has 1 unspecified atom stereocenters. The lowest BCUT2D eigenvalue weighted by molar-refractivity contribution is 0.103. The van der Waals surface area contributed by atoms with Gasteiger partial charge in [-0.25, -0.2) is 9.37 Å². The molecule has 0 aliphatic rings. The number of benzene rings is 2. The molecular weight excluding hydrogens is 331 g/mol. The van der Waals surface area contributed by atoms with Crippen molar-refractivity contribution in [1.82, 2.24) is 9.55 Å². The predicted molar refractivity (Wildman–Crippen MR) is 101 cm³/mol. The minimum Gasteiger partial charge on any atom is -0.494 e. The Labute approximate surface area is 153 Å². The van der Waals surface area contributed by atoms with Crippen LogP contribution in [0.15, 0.2) is 48.8 Å². The van der Waals surface area contributed by atoms with E-state index >= 15 is 0 Å². The Morgan fingerprint density at radius 2 is 1.85 bits per heavy atom. The van der Waals surface area contributed by atoms with Gasteiger partial charge in [0.1, 0.15) is 5.82 Å². The number of hydrogen-bond acceptors (Lipinski definition) is 3. The highest BCUT2D eigenvalue weighted by Gasteiger charge is 2.13. The maximum atomic E-state index is 14.0. The summed E-state index contributed by atoms with van der Waals surface area (Å²) in [6.07, 6.45) is 3.85. The molecule has 3 aromatic rings. The van der Waals surface area contributed by atoms with Crippen LogP contribution in [0.2, 0.25) is 0 Å². The lowest BCUT2D eigenvalue weighted by Crippen LogP contribution is -2.15. The molecule has 0 radical (unpaired) electrons. The molecule has 0 bridgehead atoms. The van der Waals surface area contributed by atoms with E-state index in [1.54, 1.807) is 19.4 Å². The summed E-state index contributed by atoms with van der Waals surface area (Å²) in [6.45, 7) is 4.80. The molecule has 0 saturated carbocycles. The number of methoxy groups -OCH3 is 2. The molecular formula is C21H23FN2O2. The van der Waals surface area contributed by atoms with Gasteiger partial charge in [0.15, 0.2) is 11.6 Å². The summed E-state index contributed by atoms with van der Waals surface area (Å²) in [5, 5.41) is 0. The van der Waals surface area contributed by atoms with E-state index in [9.17, 15) is 4.39 Å². The van der Waals surface area contributed by atoms with E-state index in [0.717, 1.165) is 34.6 Å². The van der Waals surface area contributed by atoms with Crippen molar-refractivity contribution in [2.45, 2.75) is 26.5 Å². The first-order chi connectivity index (χ1) is 12.5. The first-order valence-corrected chi connectivity index (χ1v) is 8.52. The fourth-order valence-electron chi connectivity index (χ4n) is 2.99. The van der Waals surface area contributed by atoms with Crippen molar-refractivity contribution in [2.24, 2.45) is 0 Å². The summed E-state index contributed by atoms with van der Waals surface area (Å²) in [5.74, 6) is 0.783. The molecule has 0 saturated heterocycles. The summed E-state index contributed by atoms with van der Waals surface area (Å²) < 4.78 is 26.4. The SMILES string of the molecule is COc1ccc(-c2ccc(-c3nccn3CC(C)OC)c(C)c2)cc1F. The molecule has 0 aliphatic heterocycles. The van der Waals surface area contributed by atoms with Crippen LogP contribution in [0.4, 0.5) is 4.39 Å². The standard InChI is InChI=1S/C21H23FN2O2/c1-14-11-16(17-6-8-20(26-4)19(22)12-17)5-7-18(14)21-23-9-10-24(21)13-15(2)25-3/h5-12,15H,13H2,1-4H3. The zero-order chi connectivity index (χ0) is 18.7. The molecule has 0 N–H and O–H groups in total. The normalized spacial score (nSPS) is 12.2. The molecule has 1 heterocycles. The second-order valence-electron chi connectivity index (χ2n) is 6.33. The number of aromatic nitrogens is 2. The van der Waals surface area contributed by atoms with Gasteiger partial charge >= 0.3 is 0 Å². The third kappa shape index (κ3) is 3.63. The first kappa shape index (κ1) is 18.1. The summed E-state index contributed by atoms with van der Waals surface area (Å²) in [5.41, 5.74) is 3.90. The van der Waals surface area contributed by atoms with Crippen molar-refractivity contribution in [3.63, 3.8) is 0 Å². The van der Waals surface area contributed by atoms with Gasteiger partial charge in [0, 0.05) is 25.1 Å². The Morgan fingerprint density at radius 1 is 1.12 bits per heavy atom. The van der Waals surface area contributed by atoms with E-state index in [2.05, 4.69) is 15.6 Å². The zero-order valence-corrected chi connectivity index (χ0v) is 15.5. The Kier molecular flexibility index (Phi) is 5.38. The van der Waals surface area contributed by atoms with Crippen LogP contribution in [0.5, 0.6) is 5.75 Å². The van der Waals surface area contributed by atoms with Gasteiger partial charge in [-0.15, -0.1) is 0 Å². The molecule has 136 valence electrons. The van der Waals surface area contributed by atoms with Crippen molar-refractivity contribution in [1.29, 1.82) is 0 Å². The molecule has 0 amide bonds. The summed E-state index contributed by atoms with van der Waals surface area (Å²) >= 11 is 0. The van der Waals surface area contributed by atoms with Crippen LogP contribution >= 0.6 is 0 Å². The predicted octanol–water partition coefficient (Wildman–Crippen LogP) is 4.71. The second kappa shape index (κ2) is 7.70. The molecule has 1 aromatic heterocycles. The monoisotopic (exact) mass is 354 g/mol. The number of nitrogens with zero attached hydrogens (tertiary/aromatic N) is 2. The zero-order valence-electron chi connectivity index (χ0n) is 15.5. The van der Waals surface area contributed by atoms with Gasteiger partial charge < -0.3 is 14.0 Å². The van der Waals surface area contributed by atoms with E-state index < -0.39 is 0 Å². The molecule has 4 nitrogen and oxygen atoms in total. The quantitative estimate of drug-likeness (QED) is 0.643. The van der Waals surface area contributed by atoms with E-state index in [0.29, 0.717) is 0 Å². The smallest absolute Gasteiger partial charge is 0.165 e. The van der Waals surface area contributed by atoms with Crippen LogP contribution in [-0.4, -0.2) is 29.9 Å². The molecule has 2 aromatic carbocycles. The van der Waals surface area contributed by atoms with Crippen molar-refractivity contribution in [3.05, 3.63) is 60.2 Å². The maximum Gasteiger partial charge on any atom is 0.165 e. The second-order valence-corrected chi connectivity index (χ2v) is 6.33. The topological polar surface area (TPSA) is 36.3 Å². The average Bonchev–Trinajstić information content (AvgIpc) is 3.09. The molecule has 0 spiro atoms. The van der Waals surface area contributed by atoms with Gasteiger partial charge in [-0.1, -0.05) is 24.3 Å². The highest BCUT2D eigenvalue weighted by molar-refractivity contribution is 5.71. The van der Waals surface area contributed by atoms with Crippen molar-refractivity contribution in [2.75, 3.05) is 14.2 Å². The van der Waals surface area contributed by atoms with Crippen LogP contribution < -0.4 is 4.74 Å². The van der Waals surface area contributed by atoms with Crippen molar-refractivity contribution < 1.29 is 13.9 Å². The molecule has 5 heteroatoms. The molecule has 3 rings (SSSR count). The van der Waals surface area contributed by atoms with Gasteiger partial charge in [-0.2, -0.15) is 0 Å². The number of ether oxygens (including phenoxy) is 2. The molecule has 0 fully saturated rings. The van der Waals surface area contributed by atoms with Gasteiger partial charge in [0.2, 0.25) is 0 Å². The summed E-state index contributed by atoms with van der Waals surface area (Å²) in [4.78, 5) is 4.50. The first-order valence-electron chi connectivity index (χ1n) is 8.52. The van der Waals surface area contributed by atoms with E-state index in [4.69, 9.17) is 9.47 Å². The summed E-state index contributed by atoms with van der Waals surface area (Å²) in [6, 6.07) is 11.1. The van der Waals surface area contributed by atoms with E-state index in [1.165, 1.54) is 13.2 Å². The lowest BCUT2D eigenvalue weighted by Gasteiger charge is -2.15. The van der Waals surface area contributed by atoms with E-state index in [1.807, 2.05) is 38.2 Å². The Hall–Kier alpha value is -2.66. The largest absolute Gasteiger partial charge is 0.494 e. The van der Waals surface area contributed by atoms with E-state index in [-0.39, 0.29) is 17.7 Å². The van der Waals surface area contributed by atoms with Crippen LogP contribution in [0.3, 0.4) is 0 Å². The summed E-state index contributed by atoms with van der Waals surface area (Å²) in [7, 11) is 3.17. The lowest BCUT2D eigenvalue weighted by atomic mass is 9.99. The fraction of sp³-hybridized carbons (Fsp3) is 0.286. The Bertz CT molecular complexity index is 905. The number of hydrogen-bond donors (Lipinski definition) is 0. The van der Waals surface area contributed by atoms with Gasteiger partial charge in [0.25, 0.3) is 0 Å². The third-order valence-electron chi connectivity index (χ3n) is 4.52. The average molecular weight is 354 g/mol. The van der Waals surface area contributed by atoms with Crippen LogP contribution in [0.25, 0.3) is 22.5 Å². The minimum absolute atomic E-state index is 0.102. The number of rotatable bonds is 6. The Balaban J connectivity index is 1.94. The third-order valence-corrected chi connectivity index (χ3v) is 4.52. The van der Waals surface area contributed by atoms with Crippen LogP contribution in [0.1, 0.15) is 12.5 Å². The fourth-order valence-corrected chi connectivity index (χ4v) is 2.99. The number of aryl methyl sites for hydroxylation is 1. The van der Waals surface area contributed by atoms with Crippen LogP contribution in [-0.2, 0) is 11.3 Å². The maximum absolute atomic E-state index is 14.0. The van der Waals surface area contributed by atoms with Crippen molar-refractivity contribution >= 4 is 0 Å². The van der Waals surface area contributed by atoms with Crippen LogP contribution in [0, 0.1) is 12.7 Å². The molecule has 1 atom stereocenters. The van der Waals surface area contributed by atoms with Crippen molar-refractivity contribution in [3.8, 4) is 28.3 Å². The highest BCUT2D eigenvalue weighted by Crippen LogP contribution is 2.30. The Morgan fingerprint density at radius 3 is 2.50 bits per heavy atom. The highest BCUT2D eigenvalue weighted by atomic mass is 19.1. The number of halogens is 1. The van der Waals surface area contributed by atoms with Gasteiger partial charge in [0.05, 0.1) is 19.8 Å².